The van der Waals surface area contributed by atoms with Crippen molar-refractivity contribution in [1.82, 2.24) is 5.32 Å². The highest BCUT2D eigenvalue weighted by atomic mass is 16.4. The molecule has 0 aromatic rings. The third kappa shape index (κ3) is 6.34. The second-order valence-corrected chi connectivity index (χ2v) is 4.57. The maximum atomic E-state index is 11.8. The van der Waals surface area contributed by atoms with E-state index in [4.69, 9.17) is 10.2 Å². The van der Waals surface area contributed by atoms with Gasteiger partial charge in [0, 0.05) is 18.4 Å². The van der Waals surface area contributed by atoms with Crippen LogP contribution in [0.2, 0.25) is 0 Å². The quantitative estimate of drug-likeness (QED) is 0.568. The molecule has 6 nitrogen and oxygen atoms in total. The summed E-state index contributed by atoms with van der Waals surface area (Å²) in [5.74, 6) is -3.08. The highest BCUT2D eigenvalue weighted by Gasteiger charge is 2.31. The van der Waals surface area contributed by atoms with Crippen LogP contribution in [0, 0.1) is 5.92 Å². The Morgan fingerprint density at radius 1 is 1.06 bits per heavy atom. The summed E-state index contributed by atoms with van der Waals surface area (Å²) in [6.07, 6.45) is -0.412. The van der Waals surface area contributed by atoms with Crippen molar-refractivity contribution < 1.29 is 24.6 Å². The number of hydrogen-bond donors (Lipinski definition) is 3. The number of hydrogen-bond acceptors (Lipinski definition) is 4. The first kappa shape index (κ1) is 16.6. The van der Waals surface area contributed by atoms with Crippen LogP contribution in [0.4, 0.5) is 0 Å². The summed E-state index contributed by atoms with van der Waals surface area (Å²) in [6, 6.07) is -0.738. The van der Waals surface area contributed by atoms with Crippen LogP contribution in [0.3, 0.4) is 0 Å². The molecule has 0 aliphatic carbocycles. The van der Waals surface area contributed by atoms with Gasteiger partial charge in [-0.1, -0.05) is 20.8 Å². The number of ketones is 1. The monoisotopic (exact) mass is 259 g/mol. The van der Waals surface area contributed by atoms with Gasteiger partial charge >= 0.3 is 11.9 Å². The van der Waals surface area contributed by atoms with E-state index in [2.05, 4.69) is 5.32 Å². The number of carboxylic acids is 2. The maximum Gasteiger partial charge on any atom is 0.303 e. The first-order valence-electron chi connectivity index (χ1n) is 6.00. The minimum atomic E-state index is -1.10. The number of carboxylic acid groups (broad SMARTS) is 2. The Labute approximate surface area is 106 Å². The lowest BCUT2D eigenvalue weighted by molar-refractivity contribution is -0.141. The normalized spacial score (nSPS) is 12.7. The van der Waals surface area contributed by atoms with Gasteiger partial charge < -0.3 is 15.5 Å². The molecule has 1 atom stereocenters. The summed E-state index contributed by atoms with van der Waals surface area (Å²) in [4.78, 5) is 33.3. The fraction of sp³-hybridized carbons (Fsp3) is 0.750. The molecule has 0 bridgehead atoms. The van der Waals surface area contributed by atoms with Crippen molar-refractivity contribution >= 4 is 17.7 Å². The Hall–Kier alpha value is -1.43. The standard InChI is InChI=1S/C12H21NO5/c1-4-9(14)12(13-7(2)3)8(5-10(15)16)6-11(17)18/h7-8,12-13H,4-6H2,1-3H3,(H,15,16)(H,17,18). The lowest BCUT2D eigenvalue weighted by Gasteiger charge is -2.26. The largest absolute Gasteiger partial charge is 0.481 e. The molecule has 1 unspecified atom stereocenters. The van der Waals surface area contributed by atoms with Crippen molar-refractivity contribution in [2.24, 2.45) is 5.92 Å². The van der Waals surface area contributed by atoms with E-state index < -0.39 is 23.9 Å². The van der Waals surface area contributed by atoms with Crippen molar-refractivity contribution in [3.8, 4) is 0 Å². The number of carbonyl (C=O) groups excluding carboxylic acids is 1. The zero-order chi connectivity index (χ0) is 14.3. The van der Waals surface area contributed by atoms with Crippen LogP contribution in [0.5, 0.6) is 0 Å². The molecule has 0 aliphatic rings. The predicted molar refractivity (Wildman–Crippen MR) is 65.4 cm³/mol. The second kappa shape index (κ2) is 7.81. The lowest BCUT2D eigenvalue weighted by Crippen LogP contribution is -2.47. The molecule has 0 heterocycles. The summed E-state index contributed by atoms with van der Waals surface area (Å²) in [5, 5.41) is 20.6. The van der Waals surface area contributed by atoms with Gasteiger partial charge in [0.25, 0.3) is 0 Å². The first-order chi connectivity index (χ1) is 8.27. The average molecular weight is 259 g/mol. The third-order valence-corrected chi connectivity index (χ3v) is 2.55. The molecule has 0 saturated carbocycles. The number of rotatable bonds is 9. The molecule has 0 rings (SSSR count). The minimum absolute atomic E-state index is 0.0180. The topological polar surface area (TPSA) is 104 Å². The van der Waals surface area contributed by atoms with E-state index >= 15 is 0 Å². The molecule has 104 valence electrons. The molecule has 0 aromatic carbocycles. The summed E-state index contributed by atoms with van der Waals surface area (Å²) < 4.78 is 0. The van der Waals surface area contributed by atoms with Gasteiger partial charge in [0.1, 0.15) is 5.78 Å². The minimum Gasteiger partial charge on any atom is -0.481 e. The van der Waals surface area contributed by atoms with E-state index in [1.807, 2.05) is 13.8 Å². The Balaban J connectivity index is 4.98. The zero-order valence-corrected chi connectivity index (χ0v) is 11.0. The Bertz CT molecular complexity index is 298. The van der Waals surface area contributed by atoms with E-state index in [-0.39, 0.29) is 31.1 Å². The zero-order valence-electron chi connectivity index (χ0n) is 11.0. The molecule has 3 N–H and O–H groups in total. The summed E-state index contributed by atoms with van der Waals surface area (Å²) >= 11 is 0. The van der Waals surface area contributed by atoms with Crippen LogP contribution >= 0.6 is 0 Å². The summed E-state index contributed by atoms with van der Waals surface area (Å²) in [6.45, 7) is 5.33. The van der Waals surface area contributed by atoms with Crippen LogP contribution in [-0.4, -0.2) is 40.0 Å². The summed E-state index contributed by atoms with van der Waals surface area (Å²) in [7, 11) is 0. The van der Waals surface area contributed by atoms with Gasteiger partial charge in [-0.25, -0.2) is 0 Å². The van der Waals surface area contributed by atoms with Gasteiger partial charge in [-0.2, -0.15) is 0 Å². The third-order valence-electron chi connectivity index (χ3n) is 2.55. The van der Waals surface area contributed by atoms with E-state index in [0.29, 0.717) is 0 Å². The molecule has 0 spiro atoms. The molecular formula is C12H21NO5. The predicted octanol–water partition coefficient (Wildman–Crippen LogP) is 0.898. The molecule has 0 aliphatic heterocycles. The van der Waals surface area contributed by atoms with Crippen molar-refractivity contribution in [2.75, 3.05) is 0 Å². The maximum absolute atomic E-state index is 11.8. The molecule has 0 fully saturated rings. The van der Waals surface area contributed by atoms with Crippen LogP contribution < -0.4 is 5.32 Å². The van der Waals surface area contributed by atoms with Crippen molar-refractivity contribution in [3.63, 3.8) is 0 Å². The number of Topliss-reactive ketones (excluding diaryl/α,β-unsaturated/α-hetero) is 1. The number of aliphatic carboxylic acids is 2. The fourth-order valence-electron chi connectivity index (χ4n) is 1.83. The van der Waals surface area contributed by atoms with Gasteiger partial charge in [0.15, 0.2) is 0 Å². The number of carbonyl (C=O) groups is 3. The molecule has 0 amide bonds. The Morgan fingerprint density at radius 2 is 1.50 bits per heavy atom. The lowest BCUT2D eigenvalue weighted by atomic mass is 9.88. The molecule has 0 aromatic heterocycles. The molecular weight excluding hydrogens is 238 g/mol. The Morgan fingerprint density at radius 3 is 1.78 bits per heavy atom. The Kier molecular flexibility index (Phi) is 7.19. The molecule has 0 saturated heterocycles. The van der Waals surface area contributed by atoms with Crippen LogP contribution in [0.1, 0.15) is 40.0 Å². The van der Waals surface area contributed by atoms with Crippen LogP contribution in [-0.2, 0) is 14.4 Å². The van der Waals surface area contributed by atoms with Gasteiger partial charge in [-0.3, -0.25) is 14.4 Å². The molecule has 6 heteroatoms. The fourth-order valence-corrected chi connectivity index (χ4v) is 1.83. The summed E-state index contributed by atoms with van der Waals surface area (Å²) in [5.41, 5.74) is 0. The van der Waals surface area contributed by atoms with Crippen molar-refractivity contribution in [2.45, 2.75) is 52.1 Å². The highest BCUT2D eigenvalue weighted by Crippen LogP contribution is 2.17. The van der Waals surface area contributed by atoms with Gasteiger partial charge in [-0.15, -0.1) is 0 Å². The van der Waals surface area contributed by atoms with Gasteiger partial charge in [0.2, 0.25) is 0 Å². The van der Waals surface area contributed by atoms with Crippen molar-refractivity contribution in [3.05, 3.63) is 0 Å². The van der Waals surface area contributed by atoms with Gasteiger partial charge in [0.05, 0.1) is 18.9 Å². The van der Waals surface area contributed by atoms with E-state index in [0.717, 1.165) is 0 Å². The smallest absolute Gasteiger partial charge is 0.303 e. The average Bonchev–Trinajstić information content (AvgIpc) is 2.22. The van der Waals surface area contributed by atoms with Crippen molar-refractivity contribution in [1.29, 1.82) is 0 Å². The highest BCUT2D eigenvalue weighted by molar-refractivity contribution is 5.85. The first-order valence-corrected chi connectivity index (χ1v) is 6.00. The number of nitrogens with one attached hydrogen (secondary N) is 1. The van der Waals surface area contributed by atoms with Crippen LogP contribution in [0.15, 0.2) is 0 Å². The second-order valence-electron chi connectivity index (χ2n) is 4.57. The van der Waals surface area contributed by atoms with E-state index in [9.17, 15) is 14.4 Å². The SMILES string of the molecule is CCC(=O)C(NC(C)C)C(CC(=O)O)CC(=O)O. The molecule has 18 heavy (non-hydrogen) atoms. The van der Waals surface area contributed by atoms with Crippen LogP contribution in [0.25, 0.3) is 0 Å². The van der Waals surface area contributed by atoms with E-state index in [1.54, 1.807) is 6.92 Å². The molecule has 0 radical (unpaired) electrons. The van der Waals surface area contributed by atoms with Gasteiger partial charge in [-0.05, 0) is 0 Å². The van der Waals surface area contributed by atoms with E-state index in [1.165, 1.54) is 0 Å².